The van der Waals surface area contributed by atoms with E-state index in [9.17, 15) is 22.8 Å². The zero-order chi connectivity index (χ0) is 31.4. The Labute approximate surface area is 257 Å². The Morgan fingerprint density at radius 2 is 1.75 bits per heavy atom. The molecule has 0 saturated carbocycles. The molecule has 232 valence electrons. The highest BCUT2D eigenvalue weighted by molar-refractivity contribution is 7.80. The van der Waals surface area contributed by atoms with Crippen LogP contribution < -0.4 is 11.3 Å². The van der Waals surface area contributed by atoms with E-state index in [1.54, 1.807) is 16.4 Å². The molecule has 2 aromatic heterocycles. The third kappa shape index (κ3) is 7.01. The predicted molar refractivity (Wildman–Crippen MR) is 166 cm³/mol. The molecule has 1 fully saturated rings. The number of halogens is 3. The Morgan fingerprint density at radius 1 is 1.07 bits per heavy atom. The zero-order valence-electron chi connectivity index (χ0n) is 24.6. The topological polar surface area (TPSA) is 97.0 Å². The third-order valence-electron chi connectivity index (χ3n) is 8.17. The first-order valence-corrected chi connectivity index (χ1v) is 15.1. The first-order chi connectivity index (χ1) is 21.0. The second kappa shape index (κ2) is 13.3. The van der Waals surface area contributed by atoms with Gasteiger partial charge in [-0.05, 0) is 42.9 Å². The molecule has 3 heterocycles. The molecular weight excluding hydrogens is 591 g/mol. The number of piperidine rings is 1. The smallest absolute Gasteiger partial charge is 0.366 e. The summed E-state index contributed by atoms with van der Waals surface area (Å²) in [5.41, 5.74) is 4.26. The highest BCUT2D eigenvalue weighted by Gasteiger charge is 2.41. The molecule has 5 rings (SSSR count). The summed E-state index contributed by atoms with van der Waals surface area (Å²) < 4.78 is 45.8. The van der Waals surface area contributed by atoms with Crippen LogP contribution >= 0.6 is 12.2 Å². The number of likely N-dealkylation sites (tertiary alicyclic amines) is 1. The van der Waals surface area contributed by atoms with Crippen LogP contribution in [0.3, 0.4) is 0 Å². The number of aryl methyl sites for hydroxylation is 2. The van der Waals surface area contributed by atoms with E-state index < -0.39 is 17.9 Å². The Morgan fingerprint density at radius 3 is 2.36 bits per heavy atom. The number of aromatic amines is 1. The van der Waals surface area contributed by atoms with Crippen molar-refractivity contribution < 1.29 is 17.7 Å². The van der Waals surface area contributed by atoms with Crippen LogP contribution in [0, 0.1) is 12.8 Å². The number of unbranched alkanes of at least 4 members (excludes halogenated alkanes) is 1. The molecule has 12 heteroatoms. The van der Waals surface area contributed by atoms with Gasteiger partial charge in [0.2, 0.25) is 0 Å². The van der Waals surface area contributed by atoms with Crippen molar-refractivity contribution in [3.05, 3.63) is 92.1 Å². The van der Waals surface area contributed by atoms with Crippen molar-refractivity contribution in [1.29, 1.82) is 0 Å². The van der Waals surface area contributed by atoms with Crippen molar-refractivity contribution in [3.63, 3.8) is 0 Å². The lowest BCUT2D eigenvalue weighted by atomic mass is 9.96. The largest absolute Gasteiger partial charge is 0.439 e. The molecule has 1 aliphatic rings. The minimum atomic E-state index is -4.20. The number of benzene rings is 2. The van der Waals surface area contributed by atoms with E-state index in [0.717, 1.165) is 35.1 Å². The summed E-state index contributed by atoms with van der Waals surface area (Å²) in [7, 11) is 0. The van der Waals surface area contributed by atoms with Crippen LogP contribution in [0.1, 0.15) is 55.3 Å². The third-order valence-corrected chi connectivity index (χ3v) is 8.57. The SMILES string of the molecule is CCCCc1nc(C)c(CC(=S)N2CCC(C(F)(F)F)CC2)c(=O)n1Cc1ccc(-c2ccccc2-c2noc(=O)[nH]2)cc1. The maximum absolute atomic E-state index is 13.9. The number of nitrogens with one attached hydrogen (secondary N) is 1. The standard InChI is InChI=1S/C32H34F3N5O3S/c1-3-4-9-27-36-20(2)26(18-28(44)39-16-14-23(15-17-39)32(33,34)35)30(41)40(27)19-21-10-12-22(13-11-21)24-7-5-6-8-25(24)29-37-31(42)43-38-29/h5-8,10-13,23H,3-4,9,14-19H2,1-2H3,(H,37,38,42). The van der Waals surface area contributed by atoms with E-state index in [-0.39, 0.29) is 37.9 Å². The van der Waals surface area contributed by atoms with Crippen LogP contribution in [0.15, 0.2) is 62.6 Å². The van der Waals surface area contributed by atoms with Crippen LogP contribution in [0.4, 0.5) is 13.2 Å². The van der Waals surface area contributed by atoms with Crippen molar-refractivity contribution in [2.45, 2.75) is 65.1 Å². The summed E-state index contributed by atoms with van der Waals surface area (Å²) >= 11 is 5.63. The number of aromatic nitrogens is 4. The molecular formula is C32H34F3N5O3S. The molecule has 1 saturated heterocycles. The summed E-state index contributed by atoms with van der Waals surface area (Å²) in [6.45, 7) is 4.63. The average Bonchev–Trinajstić information content (AvgIpc) is 3.45. The Balaban J connectivity index is 1.39. The van der Waals surface area contributed by atoms with Gasteiger partial charge in [-0.2, -0.15) is 13.2 Å². The molecule has 2 aromatic carbocycles. The van der Waals surface area contributed by atoms with E-state index in [1.165, 1.54) is 0 Å². The van der Waals surface area contributed by atoms with Gasteiger partial charge in [0.1, 0.15) is 5.82 Å². The van der Waals surface area contributed by atoms with Gasteiger partial charge in [-0.15, -0.1) is 0 Å². The van der Waals surface area contributed by atoms with Gasteiger partial charge in [0, 0.05) is 42.8 Å². The number of alkyl halides is 3. The monoisotopic (exact) mass is 625 g/mol. The molecule has 0 bridgehead atoms. The Bertz CT molecular complexity index is 1740. The van der Waals surface area contributed by atoms with E-state index >= 15 is 0 Å². The maximum Gasteiger partial charge on any atom is 0.439 e. The van der Waals surface area contributed by atoms with E-state index in [2.05, 4.69) is 21.6 Å². The average molecular weight is 626 g/mol. The highest BCUT2D eigenvalue weighted by Crippen LogP contribution is 2.34. The second-order valence-electron chi connectivity index (χ2n) is 11.1. The van der Waals surface area contributed by atoms with Crippen molar-refractivity contribution in [3.8, 4) is 22.5 Å². The number of rotatable bonds is 9. The van der Waals surface area contributed by atoms with Crippen molar-refractivity contribution >= 4 is 17.2 Å². The lowest BCUT2D eigenvalue weighted by Gasteiger charge is -2.34. The van der Waals surface area contributed by atoms with Gasteiger partial charge in [-0.25, -0.2) is 9.78 Å². The fourth-order valence-corrected chi connectivity index (χ4v) is 5.95. The second-order valence-corrected chi connectivity index (χ2v) is 11.6. The highest BCUT2D eigenvalue weighted by atomic mass is 32.1. The molecule has 4 aromatic rings. The van der Waals surface area contributed by atoms with Gasteiger partial charge in [0.15, 0.2) is 5.82 Å². The van der Waals surface area contributed by atoms with E-state index in [1.807, 2.05) is 48.5 Å². The molecule has 0 aliphatic carbocycles. The fourth-order valence-electron chi connectivity index (χ4n) is 5.63. The predicted octanol–water partition coefficient (Wildman–Crippen LogP) is 6.10. The van der Waals surface area contributed by atoms with Crippen LogP contribution in [0.25, 0.3) is 22.5 Å². The van der Waals surface area contributed by atoms with E-state index in [0.29, 0.717) is 40.9 Å². The summed E-state index contributed by atoms with van der Waals surface area (Å²) in [6.07, 6.45) is -1.58. The number of nitrogens with zero attached hydrogens (tertiary/aromatic N) is 4. The van der Waals surface area contributed by atoms with Crippen molar-refractivity contribution in [1.82, 2.24) is 24.6 Å². The summed E-state index contributed by atoms with van der Waals surface area (Å²) in [5.74, 6) is -0.916. The van der Waals surface area contributed by atoms with Crippen LogP contribution in [0.5, 0.6) is 0 Å². The number of hydrogen-bond donors (Lipinski definition) is 1. The summed E-state index contributed by atoms with van der Waals surface area (Å²) in [6, 6.07) is 15.3. The maximum atomic E-state index is 13.9. The molecule has 0 atom stereocenters. The van der Waals surface area contributed by atoms with Gasteiger partial charge >= 0.3 is 11.9 Å². The van der Waals surface area contributed by atoms with Crippen LogP contribution in [-0.2, 0) is 19.4 Å². The van der Waals surface area contributed by atoms with Crippen molar-refractivity contribution in [2.75, 3.05) is 13.1 Å². The van der Waals surface area contributed by atoms with Crippen LogP contribution in [0.2, 0.25) is 0 Å². The minimum absolute atomic E-state index is 0.00193. The fraction of sp³-hybridized carbons (Fsp3) is 0.406. The number of H-pyrrole nitrogens is 1. The lowest BCUT2D eigenvalue weighted by Crippen LogP contribution is -2.43. The summed E-state index contributed by atoms with van der Waals surface area (Å²) in [4.78, 5) is 35.1. The van der Waals surface area contributed by atoms with E-state index in [4.69, 9.17) is 17.2 Å². The lowest BCUT2D eigenvalue weighted by molar-refractivity contribution is -0.183. The normalized spacial score (nSPS) is 14.2. The van der Waals surface area contributed by atoms with Gasteiger partial charge in [0.05, 0.1) is 17.5 Å². The van der Waals surface area contributed by atoms with Crippen molar-refractivity contribution in [2.24, 2.45) is 5.92 Å². The number of hydrogen-bond acceptors (Lipinski definition) is 6. The molecule has 8 nitrogen and oxygen atoms in total. The quantitative estimate of drug-likeness (QED) is 0.225. The molecule has 0 radical (unpaired) electrons. The molecule has 1 aliphatic heterocycles. The van der Waals surface area contributed by atoms with Crippen LogP contribution in [-0.4, -0.2) is 48.8 Å². The first kappa shape index (κ1) is 31.4. The molecule has 0 spiro atoms. The Hall–Kier alpha value is -4.06. The molecule has 1 N–H and O–H groups in total. The summed E-state index contributed by atoms with van der Waals surface area (Å²) in [5, 5.41) is 3.82. The van der Waals surface area contributed by atoms with Gasteiger partial charge in [0.25, 0.3) is 5.56 Å². The van der Waals surface area contributed by atoms with Gasteiger partial charge < -0.3 is 4.90 Å². The van der Waals surface area contributed by atoms with Gasteiger partial charge in [-0.3, -0.25) is 18.9 Å². The Kier molecular flexibility index (Phi) is 9.48. The minimum Gasteiger partial charge on any atom is -0.366 e. The molecule has 0 unspecified atom stereocenters. The van der Waals surface area contributed by atoms with Gasteiger partial charge in [-0.1, -0.05) is 79.3 Å². The molecule has 44 heavy (non-hydrogen) atoms. The number of thiocarbonyl (C=S) groups is 1. The first-order valence-electron chi connectivity index (χ1n) is 14.7. The zero-order valence-corrected chi connectivity index (χ0v) is 25.4. The molecule has 0 amide bonds.